The van der Waals surface area contributed by atoms with E-state index in [1.54, 1.807) is 6.92 Å². The molecule has 1 aliphatic rings. The van der Waals surface area contributed by atoms with Gasteiger partial charge in [0.25, 0.3) is 0 Å². The number of hydrogen-bond donors (Lipinski definition) is 2. The number of amides is 1. The Balaban J connectivity index is 0.00000225. The van der Waals surface area contributed by atoms with Crippen LogP contribution in [0.5, 0.6) is 0 Å². The summed E-state index contributed by atoms with van der Waals surface area (Å²) in [5.41, 5.74) is 0. The number of carbonyl (C=O) groups is 1. The van der Waals surface area contributed by atoms with E-state index in [2.05, 4.69) is 10.6 Å². The van der Waals surface area contributed by atoms with Crippen LogP contribution in [0.3, 0.4) is 0 Å². The molecule has 0 aromatic heterocycles. The Hall–Kier alpha value is -0.320. The molecule has 1 rings (SSSR count). The van der Waals surface area contributed by atoms with E-state index in [0.717, 1.165) is 32.0 Å². The third kappa shape index (κ3) is 5.68. The van der Waals surface area contributed by atoms with Gasteiger partial charge in [0.2, 0.25) is 5.91 Å². The number of ether oxygens (including phenoxy) is 1. The number of halogens is 1. The van der Waals surface area contributed by atoms with Gasteiger partial charge in [-0.25, -0.2) is 0 Å². The monoisotopic (exact) mass is 250 g/mol. The van der Waals surface area contributed by atoms with Gasteiger partial charge in [-0.15, -0.1) is 12.4 Å². The summed E-state index contributed by atoms with van der Waals surface area (Å²) in [5, 5.41) is 6.22. The Morgan fingerprint density at radius 1 is 1.62 bits per heavy atom. The van der Waals surface area contributed by atoms with Gasteiger partial charge in [-0.05, 0) is 45.7 Å². The molecule has 0 aromatic rings. The Labute approximate surface area is 104 Å². The summed E-state index contributed by atoms with van der Waals surface area (Å²) >= 11 is 0. The van der Waals surface area contributed by atoms with Crippen molar-refractivity contribution < 1.29 is 9.53 Å². The van der Waals surface area contributed by atoms with Crippen LogP contribution in [0.4, 0.5) is 0 Å². The normalized spacial score (nSPS) is 21.2. The molecule has 2 N–H and O–H groups in total. The molecule has 5 heteroatoms. The molecule has 0 aliphatic carbocycles. The molecule has 96 valence electrons. The predicted molar refractivity (Wildman–Crippen MR) is 66.9 cm³/mol. The van der Waals surface area contributed by atoms with Crippen molar-refractivity contribution in [3.63, 3.8) is 0 Å². The quantitative estimate of drug-likeness (QED) is 0.738. The van der Waals surface area contributed by atoms with Crippen LogP contribution in [0.1, 0.15) is 26.7 Å². The van der Waals surface area contributed by atoms with Gasteiger partial charge in [-0.3, -0.25) is 4.79 Å². The van der Waals surface area contributed by atoms with Gasteiger partial charge in [0, 0.05) is 13.2 Å². The molecule has 1 fully saturated rings. The number of rotatable bonds is 6. The van der Waals surface area contributed by atoms with Gasteiger partial charge in [-0.2, -0.15) is 0 Å². The molecule has 4 nitrogen and oxygen atoms in total. The highest BCUT2D eigenvalue weighted by Gasteiger charge is 2.15. The number of hydrogen-bond acceptors (Lipinski definition) is 3. The summed E-state index contributed by atoms with van der Waals surface area (Å²) in [4.78, 5) is 11.5. The Morgan fingerprint density at radius 2 is 2.38 bits per heavy atom. The molecular weight excluding hydrogens is 228 g/mol. The topological polar surface area (TPSA) is 50.4 Å². The van der Waals surface area contributed by atoms with Crippen LogP contribution in [0.25, 0.3) is 0 Å². The number of carbonyl (C=O) groups excluding carboxylic acids is 1. The largest absolute Gasteiger partial charge is 0.369 e. The maximum absolute atomic E-state index is 11.5. The molecule has 2 atom stereocenters. The molecule has 1 amide bonds. The van der Waals surface area contributed by atoms with Crippen LogP contribution < -0.4 is 10.6 Å². The van der Waals surface area contributed by atoms with E-state index in [4.69, 9.17) is 4.74 Å². The summed E-state index contributed by atoms with van der Waals surface area (Å²) in [6, 6.07) is 0. The van der Waals surface area contributed by atoms with Gasteiger partial charge in [-0.1, -0.05) is 0 Å². The average Bonchev–Trinajstić information content (AvgIpc) is 2.71. The highest BCUT2D eigenvalue weighted by Crippen LogP contribution is 2.10. The smallest absolute Gasteiger partial charge is 0.248 e. The first-order valence-corrected chi connectivity index (χ1v) is 5.84. The summed E-state index contributed by atoms with van der Waals surface area (Å²) in [6.45, 7) is 7.25. The molecule has 0 saturated carbocycles. The van der Waals surface area contributed by atoms with Gasteiger partial charge >= 0.3 is 0 Å². The summed E-state index contributed by atoms with van der Waals surface area (Å²) in [7, 11) is 0. The lowest BCUT2D eigenvalue weighted by atomic mass is 10.1. The molecule has 1 aliphatic heterocycles. The van der Waals surface area contributed by atoms with E-state index in [1.807, 2.05) is 6.92 Å². The molecule has 2 unspecified atom stereocenters. The van der Waals surface area contributed by atoms with Crippen molar-refractivity contribution in [1.82, 2.24) is 10.6 Å². The minimum atomic E-state index is -0.322. The fourth-order valence-electron chi connectivity index (χ4n) is 1.83. The summed E-state index contributed by atoms with van der Waals surface area (Å²) < 4.78 is 5.20. The first-order valence-electron chi connectivity index (χ1n) is 5.84. The van der Waals surface area contributed by atoms with E-state index in [1.165, 1.54) is 6.42 Å². The van der Waals surface area contributed by atoms with E-state index >= 15 is 0 Å². The standard InChI is InChI=1S/C11H22N2O2.ClH/c1-3-15-9(2)11(14)13-7-5-10-4-6-12-8-10;/h9-10,12H,3-8H2,1-2H3,(H,13,14);1H. The Kier molecular flexibility index (Phi) is 8.61. The van der Waals surface area contributed by atoms with Crippen LogP contribution in [-0.2, 0) is 9.53 Å². The lowest BCUT2D eigenvalue weighted by molar-refractivity contribution is -0.131. The van der Waals surface area contributed by atoms with Crippen molar-refractivity contribution in [3.05, 3.63) is 0 Å². The molecule has 0 bridgehead atoms. The maximum atomic E-state index is 11.5. The van der Waals surface area contributed by atoms with E-state index in [-0.39, 0.29) is 24.4 Å². The minimum Gasteiger partial charge on any atom is -0.369 e. The van der Waals surface area contributed by atoms with Crippen LogP contribution in [0.15, 0.2) is 0 Å². The molecule has 0 radical (unpaired) electrons. The van der Waals surface area contributed by atoms with Crippen molar-refractivity contribution in [1.29, 1.82) is 0 Å². The van der Waals surface area contributed by atoms with E-state index in [9.17, 15) is 4.79 Å². The zero-order valence-electron chi connectivity index (χ0n) is 10.1. The molecule has 16 heavy (non-hydrogen) atoms. The van der Waals surface area contributed by atoms with Crippen LogP contribution >= 0.6 is 12.4 Å². The summed E-state index contributed by atoms with van der Waals surface area (Å²) in [6.07, 6.45) is 1.98. The zero-order chi connectivity index (χ0) is 11.1. The highest BCUT2D eigenvalue weighted by atomic mass is 35.5. The lowest BCUT2D eigenvalue weighted by Crippen LogP contribution is -2.35. The van der Waals surface area contributed by atoms with Crippen LogP contribution in [0.2, 0.25) is 0 Å². The summed E-state index contributed by atoms with van der Waals surface area (Å²) in [5.74, 6) is 0.732. The lowest BCUT2D eigenvalue weighted by Gasteiger charge is -2.13. The Bertz CT molecular complexity index is 196. The average molecular weight is 251 g/mol. The van der Waals surface area contributed by atoms with Crippen molar-refractivity contribution in [2.24, 2.45) is 5.92 Å². The van der Waals surface area contributed by atoms with Crippen molar-refractivity contribution in [3.8, 4) is 0 Å². The van der Waals surface area contributed by atoms with Crippen molar-refractivity contribution >= 4 is 18.3 Å². The maximum Gasteiger partial charge on any atom is 0.248 e. The first-order chi connectivity index (χ1) is 7.24. The van der Waals surface area contributed by atoms with Crippen molar-refractivity contribution in [2.75, 3.05) is 26.2 Å². The van der Waals surface area contributed by atoms with Gasteiger partial charge in [0.05, 0.1) is 0 Å². The first kappa shape index (κ1) is 15.7. The van der Waals surface area contributed by atoms with Gasteiger partial charge < -0.3 is 15.4 Å². The Morgan fingerprint density at radius 3 is 2.94 bits per heavy atom. The predicted octanol–water partition coefficient (Wildman–Crippen LogP) is 0.949. The SMILES string of the molecule is CCOC(C)C(=O)NCCC1CCNC1.Cl. The zero-order valence-corrected chi connectivity index (χ0v) is 10.9. The van der Waals surface area contributed by atoms with E-state index < -0.39 is 0 Å². The van der Waals surface area contributed by atoms with E-state index in [0.29, 0.717) is 6.61 Å². The number of nitrogens with one attached hydrogen (secondary N) is 2. The van der Waals surface area contributed by atoms with Gasteiger partial charge in [0.1, 0.15) is 6.10 Å². The molecule has 0 spiro atoms. The van der Waals surface area contributed by atoms with Gasteiger partial charge in [0.15, 0.2) is 0 Å². The van der Waals surface area contributed by atoms with Crippen LogP contribution in [-0.4, -0.2) is 38.3 Å². The molecule has 1 saturated heterocycles. The second-order valence-corrected chi connectivity index (χ2v) is 4.04. The second-order valence-electron chi connectivity index (χ2n) is 4.04. The third-order valence-electron chi connectivity index (χ3n) is 2.80. The third-order valence-corrected chi connectivity index (χ3v) is 2.80. The molecule has 1 heterocycles. The molecular formula is C11H23ClN2O2. The minimum absolute atomic E-state index is 0. The van der Waals surface area contributed by atoms with Crippen LogP contribution in [0, 0.1) is 5.92 Å². The fourth-order valence-corrected chi connectivity index (χ4v) is 1.83. The molecule has 0 aromatic carbocycles. The fraction of sp³-hybridized carbons (Fsp3) is 0.909. The highest BCUT2D eigenvalue weighted by molar-refractivity contribution is 5.85. The van der Waals surface area contributed by atoms with Crippen molar-refractivity contribution in [2.45, 2.75) is 32.8 Å². The second kappa shape index (κ2) is 8.79.